The standard InChI is InChI=1S/C12H18N2O3/c1-16-11-4-2-3-10(9-11)14-12(15)5-7-17-8-6-13/h2-4,9H,5-8,13H2,1H3,(H,14,15). The van der Waals surface area contributed by atoms with Gasteiger partial charge in [-0.1, -0.05) is 6.07 Å². The molecule has 17 heavy (non-hydrogen) atoms. The molecule has 0 radical (unpaired) electrons. The highest BCUT2D eigenvalue weighted by atomic mass is 16.5. The summed E-state index contributed by atoms with van der Waals surface area (Å²) in [7, 11) is 1.58. The second-order valence-electron chi connectivity index (χ2n) is 3.43. The van der Waals surface area contributed by atoms with E-state index in [1.165, 1.54) is 0 Å². The van der Waals surface area contributed by atoms with E-state index >= 15 is 0 Å². The van der Waals surface area contributed by atoms with Gasteiger partial charge in [0.05, 0.1) is 26.7 Å². The number of ether oxygens (including phenoxy) is 2. The van der Waals surface area contributed by atoms with E-state index in [9.17, 15) is 4.79 Å². The first-order valence-corrected chi connectivity index (χ1v) is 5.48. The van der Waals surface area contributed by atoms with E-state index in [4.69, 9.17) is 15.2 Å². The summed E-state index contributed by atoms with van der Waals surface area (Å²) in [6.07, 6.45) is 0.317. The first-order valence-electron chi connectivity index (χ1n) is 5.48. The number of carbonyl (C=O) groups is 1. The summed E-state index contributed by atoms with van der Waals surface area (Å²) in [4.78, 5) is 11.5. The van der Waals surface area contributed by atoms with Gasteiger partial charge in [0.15, 0.2) is 0 Å². The molecule has 0 fully saturated rings. The van der Waals surface area contributed by atoms with Crippen molar-refractivity contribution in [2.75, 3.05) is 32.2 Å². The van der Waals surface area contributed by atoms with Crippen molar-refractivity contribution >= 4 is 11.6 Å². The minimum atomic E-state index is -0.0877. The third kappa shape index (κ3) is 5.33. The highest BCUT2D eigenvalue weighted by Gasteiger charge is 2.02. The summed E-state index contributed by atoms with van der Waals surface area (Å²) in [6.45, 7) is 1.33. The number of methoxy groups -OCH3 is 1. The van der Waals surface area contributed by atoms with Gasteiger partial charge in [0.1, 0.15) is 5.75 Å². The van der Waals surface area contributed by atoms with Crippen molar-refractivity contribution in [3.63, 3.8) is 0 Å². The van der Waals surface area contributed by atoms with Gasteiger partial charge in [-0.2, -0.15) is 0 Å². The zero-order valence-corrected chi connectivity index (χ0v) is 9.94. The summed E-state index contributed by atoms with van der Waals surface area (Å²) < 4.78 is 10.2. The predicted molar refractivity (Wildman–Crippen MR) is 66.1 cm³/mol. The Morgan fingerprint density at radius 1 is 1.41 bits per heavy atom. The SMILES string of the molecule is COc1cccc(NC(=O)CCOCCN)c1. The maximum Gasteiger partial charge on any atom is 0.226 e. The summed E-state index contributed by atoms with van der Waals surface area (Å²) in [6, 6.07) is 7.21. The molecule has 0 bridgehead atoms. The normalized spacial score (nSPS) is 10.0. The molecule has 94 valence electrons. The highest BCUT2D eigenvalue weighted by molar-refractivity contribution is 5.90. The van der Waals surface area contributed by atoms with Crippen LogP contribution in [0.2, 0.25) is 0 Å². The topological polar surface area (TPSA) is 73.6 Å². The number of nitrogens with one attached hydrogen (secondary N) is 1. The van der Waals surface area contributed by atoms with Crippen LogP contribution in [-0.4, -0.2) is 32.8 Å². The summed E-state index contributed by atoms with van der Waals surface area (Å²) >= 11 is 0. The number of hydrogen-bond donors (Lipinski definition) is 2. The van der Waals surface area contributed by atoms with Crippen LogP contribution in [-0.2, 0) is 9.53 Å². The number of amides is 1. The molecule has 0 saturated heterocycles. The quantitative estimate of drug-likeness (QED) is 0.695. The molecule has 1 rings (SSSR count). The van der Waals surface area contributed by atoms with E-state index in [2.05, 4.69) is 5.32 Å². The Morgan fingerprint density at radius 2 is 2.24 bits per heavy atom. The Morgan fingerprint density at radius 3 is 2.94 bits per heavy atom. The van der Waals surface area contributed by atoms with Crippen molar-refractivity contribution in [1.82, 2.24) is 0 Å². The second-order valence-corrected chi connectivity index (χ2v) is 3.43. The molecule has 1 amide bonds. The molecule has 0 heterocycles. The number of carbonyl (C=O) groups excluding carboxylic acids is 1. The Hall–Kier alpha value is -1.59. The van der Waals surface area contributed by atoms with Gasteiger partial charge in [0.2, 0.25) is 5.91 Å². The molecule has 0 unspecified atom stereocenters. The average molecular weight is 238 g/mol. The number of hydrogen-bond acceptors (Lipinski definition) is 4. The molecule has 0 aliphatic rings. The summed E-state index contributed by atoms with van der Waals surface area (Å²) in [5, 5.41) is 2.76. The van der Waals surface area contributed by atoms with Crippen LogP contribution in [0.4, 0.5) is 5.69 Å². The fraction of sp³-hybridized carbons (Fsp3) is 0.417. The third-order valence-electron chi connectivity index (χ3n) is 2.09. The first kappa shape index (κ1) is 13.5. The van der Waals surface area contributed by atoms with Crippen LogP contribution >= 0.6 is 0 Å². The largest absolute Gasteiger partial charge is 0.497 e. The number of rotatable bonds is 7. The van der Waals surface area contributed by atoms with Crippen LogP contribution in [0.1, 0.15) is 6.42 Å². The average Bonchev–Trinajstić information content (AvgIpc) is 2.35. The van der Waals surface area contributed by atoms with Crippen molar-refractivity contribution in [1.29, 1.82) is 0 Å². The third-order valence-corrected chi connectivity index (χ3v) is 2.09. The Kier molecular flexibility index (Phi) is 6.06. The minimum Gasteiger partial charge on any atom is -0.497 e. The second kappa shape index (κ2) is 7.65. The van der Waals surface area contributed by atoms with Crippen LogP contribution in [0.15, 0.2) is 24.3 Å². The molecule has 0 aromatic heterocycles. The molecule has 1 aromatic carbocycles. The molecule has 3 N–H and O–H groups in total. The molecule has 0 spiro atoms. The number of nitrogens with two attached hydrogens (primary N) is 1. The minimum absolute atomic E-state index is 0.0877. The van der Waals surface area contributed by atoms with E-state index in [0.717, 1.165) is 0 Å². The maximum atomic E-state index is 11.5. The van der Waals surface area contributed by atoms with Gasteiger partial charge >= 0.3 is 0 Å². The van der Waals surface area contributed by atoms with Crippen molar-refractivity contribution in [3.8, 4) is 5.75 Å². The number of anilines is 1. The van der Waals surface area contributed by atoms with Crippen molar-refractivity contribution < 1.29 is 14.3 Å². The van der Waals surface area contributed by atoms with E-state index in [0.29, 0.717) is 37.6 Å². The molecule has 0 aliphatic heterocycles. The van der Waals surface area contributed by atoms with Crippen molar-refractivity contribution in [2.45, 2.75) is 6.42 Å². The van der Waals surface area contributed by atoms with Crippen LogP contribution in [0.25, 0.3) is 0 Å². The van der Waals surface area contributed by atoms with Crippen LogP contribution in [0.5, 0.6) is 5.75 Å². The lowest BCUT2D eigenvalue weighted by atomic mass is 10.3. The fourth-order valence-corrected chi connectivity index (χ4v) is 1.27. The smallest absolute Gasteiger partial charge is 0.226 e. The number of benzene rings is 1. The van der Waals surface area contributed by atoms with Gasteiger partial charge < -0.3 is 20.5 Å². The Bertz CT molecular complexity index is 355. The monoisotopic (exact) mass is 238 g/mol. The summed E-state index contributed by atoms with van der Waals surface area (Å²) in [5.41, 5.74) is 5.98. The van der Waals surface area contributed by atoms with Gasteiger partial charge in [-0.15, -0.1) is 0 Å². The fourth-order valence-electron chi connectivity index (χ4n) is 1.27. The molecule has 5 nitrogen and oxygen atoms in total. The molecular formula is C12H18N2O3. The highest BCUT2D eigenvalue weighted by Crippen LogP contribution is 2.16. The van der Waals surface area contributed by atoms with Gasteiger partial charge in [-0.3, -0.25) is 4.79 Å². The van der Waals surface area contributed by atoms with E-state index in [1.807, 2.05) is 12.1 Å². The zero-order valence-electron chi connectivity index (χ0n) is 9.94. The Balaban J connectivity index is 2.34. The van der Waals surface area contributed by atoms with Crippen LogP contribution in [0, 0.1) is 0 Å². The van der Waals surface area contributed by atoms with E-state index in [1.54, 1.807) is 19.2 Å². The molecule has 0 aliphatic carbocycles. The van der Waals surface area contributed by atoms with Gasteiger partial charge in [0.25, 0.3) is 0 Å². The first-order chi connectivity index (χ1) is 8.26. The van der Waals surface area contributed by atoms with E-state index in [-0.39, 0.29) is 5.91 Å². The Labute approximate surface area is 101 Å². The maximum absolute atomic E-state index is 11.5. The van der Waals surface area contributed by atoms with Gasteiger partial charge in [-0.05, 0) is 12.1 Å². The van der Waals surface area contributed by atoms with Crippen LogP contribution < -0.4 is 15.8 Å². The lowest BCUT2D eigenvalue weighted by Gasteiger charge is -2.07. The predicted octanol–water partition coefficient (Wildman–Crippen LogP) is 0.999. The molecule has 0 saturated carbocycles. The van der Waals surface area contributed by atoms with Crippen LogP contribution in [0.3, 0.4) is 0 Å². The van der Waals surface area contributed by atoms with Crippen molar-refractivity contribution in [3.05, 3.63) is 24.3 Å². The molecular weight excluding hydrogens is 220 g/mol. The lowest BCUT2D eigenvalue weighted by molar-refractivity contribution is -0.117. The lowest BCUT2D eigenvalue weighted by Crippen LogP contribution is -2.16. The van der Waals surface area contributed by atoms with E-state index < -0.39 is 0 Å². The van der Waals surface area contributed by atoms with Crippen molar-refractivity contribution in [2.24, 2.45) is 5.73 Å². The molecule has 5 heteroatoms. The van der Waals surface area contributed by atoms with Gasteiger partial charge in [-0.25, -0.2) is 0 Å². The molecule has 0 atom stereocenters. The zero-order chi connectivity index (χ0) is 12.5. The molecule has 1 aromatic rings. The summed E-state index contributed by atoms with van der Waals surface area (Å²) in [5.74, 6) is 0.623. The van der Waals surface area contributed by atoms with Gasteiger partial charge in [0, 0.05) is 18.3 Å².